The van der Waals surface area contributed by atoms with Crippen LogP contribution in [-0.2, 0) is 19.3 Å². The maximum absolute atomic E-state index is 13.3. The standard InChI is InChI=1S/C30H46O4.C11H10N2O/c1-18(2)23-20(31)17-30(25(32)34-33)16-15-28(6)19(24(23)30)9-10-22-27(5)13-8-12-26(3,4)21(27)11-14-29(22,28)7;1-8(14)13-10-6-9-4-2-3-5-11(9)12-7-10/h18-19,21-22,33H,8-17H2,1-7H3;2-7H,1H3,(H,13,14)/t19-,21+,22-,27+,28-,29-,30-;/m1./s1. The molecule has 48 heavy (non-hydrogen) atoms. The van der Waals surface area contributed by atoms with Gasteiger partial charge in [0, 0.05) is 18.7 Å². The van der Waals surface area contributed by atoms with Crippen LogP contribution in [0.3, 0.4) is 0 Å². The molecule has 1 aromatic carbocycles. The Morgan fingerprint density at radius 1 is 0.938 bits per heavy atom. The fraction of sp³-hybridized carbons (Fsp3) is 0.659. The number of anilines is 1. The minimum Gasteiger partial charge on any atom is -0.325 e. The number of carbonyl (C=O) groups excluding carboxylic acids is 3. The first kappa shape index (κ1) is 34.8. The van der Waals surface area contributed by atoms with E-state index in [-0.39, 0.29) is 40.8 Å². The maximum atomic E-state index is 13.3. The maximum Gasteiger partial charge on any atom is 0.352 e. The molecule has 2 aromatic rings. The van der Waals surface area contributed by atoms with E-state index in [1.807, 2.05) is 30.3 Å². The van der Waals surface area contributed by atoms with Gasteiger partial charge in [0.05, 0.1) is 17.4 Å². The van der Waals surface area contributed by atoms with Gasteiger partial charge in [0.2, 0.25) is 5.91 Å². The van der Waals surface area contributed by atoms with Crippen molar-refractivity contribution in [1.82, 2.24) is 4.98 Å². The Balaban J connectivity index is 0.000000239. The topological polar surface area (TPSA) is 106 Å². The molecule has 2 N–H and O–H groups in total. The number of rotatable bonds is 3. The fourth-order valence-corrected chi connectivity index (χ4v) is 12.4. The number of para-hydroxylation sites is 1. The van der Waals surface area contributed by atoms with Gasteiger partial charge in [-0.1, -0.05) is 73.1 Å². The molecule has 5 aliphatic rings. The number of fused-ring (bicyclic) bond motifs is 8. The third kappa shape index (κ3) is 5.16. The average molecular weight is 657 g/mol. The van der Waals surface area contributed by atoms with Crippen LogP contribution in [0.1, 0.15) is 120 Å². The van der Waals surface area contributed by atoms with Crippen molar-refractivity contribution in [3.05, 3.63) is 47.7 Å². The van der Waals surface area contributed by atoms with Crippen molar-refractivity contribution in [1.29, 1.82) is 0 Å². The fourth-order valence-electron chi connectivity index (χ4n) is 12.4. The Morgan fingerprint density at radius 2 is 1.67 bits per heavy atom. The number of aromatic nitrogens is 1. The van der Waals surface area contributed by atoms with E-state index in [0.717, 1.165) is 46.5 Å². The summed E-state index contributed by atoms with van der Waals surface area (Å²) in [6, 6.07) is 9.69. The van der Waals surface area contributed by atoms with Crippen LogP contribution in [0.4, 0.5) is 5.69 Å². The molecule has 0 saturated heterocycles. The molecule has 0 aliphatic heterocycles. The van der Waals surface area contributed by atoms with Crippen molar-refractivity contribution in [3.63, 3.8) is 0 Å². The molecule has 0 bridgehead atoms. The van der Waals surface area contributed by atoms with Crippen LogP contribution in [0.5, 0.6) is 0 Å². The lowest BCUT2D eigenvalue weighted by molar-refractivity contribution is -0.250. The van der Waals surface area contributed by atoms with Gasteiger partial charge in [-0.05, 0) is 120 Å². The first-order chi connectivity index (χ1) is 22.5. The van der Waals surface area contributed by atoms with E-state index in [1.54, 1.807) is 6.20 Å². The van der Waals surface area contributed by atoms with Crippen LogP contribution in [0.25, 0.3) is 10.9 Å². The highest BCUT2D eigenvalue weighted by Gasteiger charge is 2.70. The van der Waals surface area contributed by atoms with E-state index in [2.05, 4.69) is 63.7 Å². The number of nitrogens with zero attached hydrogens (tertiary/aromatic N) is 1. The van der Waals surface area contributed by atoms with Crippen LogP contribution in [0.2, 0.25) is 0 Å². The molecular formula is C41H56N2O5. The number of nitrogens with one attached hydrogen (secondary N) is 1. The molecule has 260 valence electrons. The second-order valence-corrected chi connectivity index (χ2v) is 17.6. The molecule has 0 unspecified atom stereocenters. The third-order valence-electron chi connectivity index (χ3n) is 14.6. The van der Waals surface area contributed by atoms with Crippen molar-refractivity contribution >= 4 is 34.3 Å². The Hall–Kier alpha value is -3.06. The molecule has 0 spiro atoms. The Kier molecular flexibility index (Phi) is 8.75. The zero-order valence-electron chi connectivity index (χ0n) is 30.4. The SMILES string of the molecule is CC(=O)Nc1cnc2ccccc2c1.CC(C)C1=C2[C@H]3CC[C@@H]4[C@@]5(C)CCCC(C)(C)[C@@H]5CC[C@@]4(C)[C@]3(C)CC[C@@]2(C(=O)OO)CC1=O. The number of Topliss-reactive ketones (excluding diaryl/α,β-unsaturated/α-hetero) is 1. The predicted octanol–water partition coefficient (Wildman–Crippen LogP) is 9.57. The van der Waals surface area contributed by atoms with Gasteiger partial charge in [0.25, 0.3) is 0 Å². The highest BCUT2D eigenvalue weighted by Crippen LogP contribution is 2.76. The number of benzene rings is 1. The summed E-state index contributed by atoms with van der Waals surface area (Å²) in [6.45, 7) is 18.3. The molecule has 7 rings (SSSR count). The lowest BCUT2D eigenvalue weighted by Crippen LogP contribution is -2.64. The second-order valence-electron chi connectivity index (χ2n) is 17.6. The molecule has 4 saturated carbocycles. The summed E-state index contributed by atoms with van der Waals surface area (Å²) >= 11 is 0. The van der Waals surface area contributed by atoms with E-state index in [1.165, 1.54) is 45.4 Å². The van der Waals surface area contributed by atoms with Gasteiger partial charge in [0.1, 0.15) is 5.41 Å². The monoisotopic (exact) mass is 656 g/mol. The van der Waals surface area contributed by atoms with Gasteiger partial charge in [-0.3, -0.25) is 14.6 Å². The summed E-state index contributed by atoms with van der Waals surface area (Å²) in [6.07, 6.45) is 12.1. The lowest BCUT2D eigenvalue weighted by atomic mass is 9.33. The number of pyridine rings is 1. The van der Waals surface area contributed by atoms with Crippen molar-refractivity contribution in [2.75, 3.05) is 5.32 Å². The summed E-state index contributed by atoms with van der Waals surface area (Å²) in [5, 5.41) is 13.2. The van der Waals surface area contributed by atoms with Crippen molar-refractivity contribution < 1.29 is 24.5 Å². The van der Waals surface area contributed by atoms with E-state index < -0.39 is 11.4 Å². The number of ketones is 1. The highest BCUT2D eigenvalue weighted by molar-refractivity contribution is 6.05. The largest absolute Gasteiger partial charge is 0.352 e. The number of amides is 1. The van der Waals surface area contributed by atoms with Crippen LogP contribution >= 0.6 is 0 Å². The zero-order valence-corrected chi connectivity index (χ0v) is 30.4. The Labute approximate surface area is 286 Å². The van der Waals surface area contributed by atoms with E-state index in [0.29, 0.717) is 23.2 Å². The zero-order chi connectivity index (χ0) is 34.9. The summed E-state index contributed by atoms with van der Waals surface area (Å²) in [5.74, 6) is 1.15. The van der Waals surface area contributed by atoms with E-state index in [9.17, 15) is 19.6 Å². The molecule has 7 nitrogen and oxygen atoms in total. The molecular weight excluding hydrogens is 600 g/mol. The number of hydrogen-bond donors (Lipinski definition) is 2. The van der Waals surface area contributed by atoms with Crippen LogP contribution in [-0.4, -0.2) is 27.9 Å². The van der Waals surface area contributed by atoms with Gasteiger partial charge in [-0.15, -0.1) is 0 Å². The van der Waals surface area contributed by atoms with Crippen molar-refractivity contribution in [3.8, 4) is 0 Å². The molecule has 0 radical (unpaired) electrons. The predicted molar refractivity (Wildman–Crippen MR) is 189 cm³/mol. The summed E-state index contributed by atoms with van der Waals surface area (Å²) in [4.78, 5) is 45.8. The molecule has 1 aromatic heterocycles. The van der Waals surface area contributed by atoms with Gasteiger partial charge >= 0.3 is 5.97 Å². The normalized spacial score (nSPS) is 36.6. The Bertz CT molecular complexity index is 1660. The van der Waals surface area contributed by atoms with E-state index in [4.69, 9.17) is 0 Å². The van der Waals surface area contributed by atoms with Crippen LogP contribution < -0.4 is 5.32 Å². The number of carbonyl (C=O) groups is 3. The molecule has 1 amide bonds. The second kappa shape index (κ2) is 12.1. The summed E-state index contributed by atoms with van der Waals surface area (Å²) in [7, 11) is 0. The minimum atomic E-state index is -0.952. The summed E-state index contributed by atoms with van der Waals surface area (Å²) in [5.41, 5.74) is 3.63. The molecule has 7 heteroatoms. The van der Waals surface area contributed by atoms with Crippen LogP contribution in [0.15, 0.2) is 47.7 Å². The molecule has 7 atom stereocenters. The van der Waals surface area contributed by atoms with Crippen LogP contribution in [0, 0.1) is 50.7 Å². The van der Waals surface area contributed by atoms with E-state index >= 15 is 0 Å². The van der Waals surface area contributed by atoms with Gasteiger partial charge in [-0.2, -0.15) is 5.26 Å². The average Bonchev–Trinajstić information content (AvgIpc) is 3.33. The van der Waals surface area contributed by atoms with Gasteiger partial charge in [0.15, 0.2) is 5.78 Å². The first-order valence-electron chi connectivity index (χ1n) is 18.3. The molecule has 5 aliphatic carbocycles. The number of hydrogen-bond acceptors (Lipinski definition) is 6. The quantitative estimate of drug-likeness (QED) is 0.252. The van der Waals surface area contributed by atoms with Gasteiger partial charge < -0.3 is 10.2 Å². The third-order valence-corrected chi connectivity index (χ3v) is 14.6. The number of allylic oxidation sites excluding steroid dienone is 1. The minimum absolute atomic E-state index is 0.0464. The molecule has 4 fully saturated rings. The highest BCUT2D eigenvalue weighted by atomic mass is 17.1. The first-order valence-corrected chi connectivity index (χ1v) is 18.3. The Morgan fingerprint density at radius 3 is 2.35 bits per heavy atom. The van der Waals surface area contributed by atoms with Crippen molar-refractivity contribution in [2.45, 2.75) is 120 Å². The van der Waals surface area contributed by atoms with Crippen molar-refractivity contribution in [2.24, 2.45) is 50.7 Å². The smallest absolute Gasteiger partial charge is 0.325 e. The summed E-state index contributed by atoms with van der Waals surface area (Å²) < 4.78 is 0. The van der Waals surface area contributed by atoms with Gasteiger partial charge in [-0.25, -0.2) is 4.79 Å². The lowest BCUT2D eigenvalue weighted by Gasteiger charge is -2.71. The molecule has 1 heterocycles.